The topological polar surface area (TPSA) is 54.9 Å². The van der Waals surface area contributed by atoms with Crippen LogP contribution in [0.3, 0.4) is 0 Å². The number of nitrogens with zero attached hydrogens (tertiary/aromatic N) is 2. The maximum atomic E-state index is 13.4. The number of benzene rings is 2. The Morgan fingerprint density at radius 1 is 1.11 bits per heavy atom. The lowest BCUT2D eigenvalue weighted by Gasteiger charge is -2.12. The van der Waals surface area contributed by atoms with Crippen molar-refractivity contribution in [3.8, 4) is 0 Å². The third-order valence-electron chi connectivity index (χ3n) is 4.77. The monoisotopic (exact) mass is 397 g/mol. The zero-order chi connectivity index (χ0) is 18.5. The van der Waals surface area contributed by atoms with Gasteiger partial charge in [-0.2, -0.15) is 0 Å². The van der Waals surface area contributed by atoms with Gasteiger partial charge in [-0.15, -0.1) is 0 Å². The normalized spacial score (nSPS) is 13.3. The van der Waals surface area contributed by atoms with Crippen LogP contribution in [0.4, 0.5) is 9.52 Å². The third kappa shape index (κ3) is 2.85. The summed E-state index contributed by atoms with van der Waals surface area (Å²) < 4.78 is 14.1. The van der Waals surface area contributed by atoms with Crippen molar-refractivity contribution in [3.63, 3.8) is 0 Å². The van der Waals surface area contributed by atoms with Gasteiger partial charge in [-0.1, -0.05) is 22.9 Å². The molecule has 27 heavy (non-hydrogen) atoms. The third-order valence-corrected chi connectivity index (χ3v) is 5.94. The summed E-state index contributed by atoms with van der Waals surface area (Å²) in [7, 11) is 0. The number of hydrogen-bond donors (Lipinski definition) is 1. The van der Waals surface area contributed by atoms with Crippen molar-refractivity contribution in [2.24, 2.45) is 0 Å². The highest BCUT2D eigenvalue weighted by molar-refractivity contribution is 7.22. The molecule has 1 aliphatic rings. The van der Waals surface area contributed by atoms with Crippen molar-refractivity contribution >= 4 is 55.1 Å². The van der Waals surface area contributed by atoms with Crippen LogP contribution in [-0.4, -0.2) is 15.9 Å². The van der Waals surface area contributed by atoms with Crippen molar-refractivity contribution in [2.45, 2.75) is 19.3 Å². The minimum Gasteiger partial charge on any atom is -0.298 e. The van der Waals surface area contributed by atoms with Crippen molar-refractivity contribution in [3.05, 3.63) is 64.1 Å². The van der Waals surface area contributed by atoms with E-state index in [9.17, 15) is 9.18 Å². The average Bonchev–Trinajstić information content (AvgIpc) is 3.25. The second-order valence-electron chi connectivity index (χ2n) is 6.51. The number of fused-ring (bicyclic) bond motifs is 3. The highest BCUT2D eigenvalue weighted by atomic mass is 35.5. The van der Waals surface area contributed by atoms with Crippen LogP contribution in [0, 0.1) is 5.82 Å². The van der Waals surface area contributed by atoms with Crippen molar-refractivity contribution in [1.82, 2.24) is 9.97 Å². The van der Waals surface area contributed by atoms with Gasteiger partial charge in [0.15, 0.2) is 5.13 Å². The van der Waals surface area contributed by atoms with Gasteiger partial charge >= 0.3 is 0 Å². The molecule has 1 aliphatic carbocycles. The van der Waals surface area contributed by atoms with Gasteiger partial charge in [0.05, 0.1) is 21.3 Å². The van der Waals surface area contributed by atoms with Crippen LogP contribution in [-0.2, 0) is 12.8 Å². The number of aromatic nitrogens is 2. The first-order chi connectivity index (χ1) is 13.1. The highest BCUT2D eigenvalue weighted by Gasteiger charge is 2.24. The van der Waals surface area contributed by atoms with Crippen LogP contribution >= 0.6 is 22.9 Å². The Hall–Kier alpha value is -2.57. The first kappa shape index (κ1) is 16.6. The molecule has 0 atom stereocenters. The molecule has 4 aromatic rings. The predicted octanol–water partition coefficient (Wildman–Crippen LogP) is 5.38. The molecule has 0 radical (unpaired) electrons. The van der Waals surface area contributed by atoms with Gasteiger partial charge in [0, 0.05) is 16.1 Å². The summed E-state index contributed by atoms with van der Waals surface area (Å²) in [6.07, 6.45) is 2.67. The number of halogens is 2. The molecular formula is C20H13ClFN3OS. The maximum absolute atomic E-state index is 13.4. The summed E-state index contributed by atoms with van der Waals surface area (Å²) in [5, 5.41) is 4.63. The molecule has 1 amide bonds. The second-order valence-corrected chi connectivity index (χ2v) is 7.98. The summed E-state index contributed by atoms with van der Waals surface area (Å²) in [5.74, 6) is -0.557. The van der Waals surface area contributed by atoms with E-state index in [1.165, 1.54) is 23.5 Å². The molecule has 0 aliphatic heterocycles. The molecule has 0 spiro atoms. The number of anilines is 1. The van der Waals surface area contributed by atoms with E-state index in [1.54, 1.807) is 18.2 Å². The SMILES string of the molecule is O=C(Nc1nc2ccc(F)cc2s1)c1c2c(nc3ccc(Cl)cc13)CCC2. The van der Waals surface area contributed by atoms with E-state index in [2.05, 4.69) is 10.3 Å². The highest BCUT2D eigenvalue weighted by Crippen LogP contribution is 2.33. The quantitative estimate of drug-likeness (QED) is 0.494. The number of amides is 1. The van der Waals surface area contributed by atoms with E-state index in [-0.39, 0.29) is 11.7 Å². The van der Waals surface area contributed by atoms with Crippen LogP contribution < -0.4 is 5.32 Å². The number of rotatable bonds is 2. The minimum atomic E-state index is -0.323. The van der Waals surface area contributed by atoms with Gasteiger partial charge < -0.3 is 0 Å². The van der Waals surface area contributed by atoms with Crippen molar-refractivity contribution < 1.29 is 9.18 Å². The van der Waals surface area contributed by atoms with Crippen LogP contribution in [0.15, 0.2) is 36.4 Å². The van der Waals surface area contributed by atoms with E-state index in [0.717, 1.165) is 41.4 Å². The number of pyridine rings is 1. The van der Waals surface area contributed by atoms with Crippen LogP contribution in [0.2, 0.25) is 5.02 Å². The molecule has 0 saturated heterocycles. The molecule has 2 aromatic carbocycles. The van der Waals surface area contributed by atoms with Gasteiger partial charge in [0.25, 0.3) is 5.91 Å². The lowest BCUT2D eigenvalue weighted by molar-refractivity contribution is 0.102. The number of carbonyl (C=O) groups is 1. The van der Waals surface area contributed by atoms with Crippen LogP contribution in [0.5, 0.6) is 0 Å². The summed E-state index contributed by atoms with van der Waals surface area (Å²) in [5.41, 5.74) is 3.98. The fourth-order valence-electron chi connectivity index (χ4n) is 3.61. The molecule has 0 saturated carbocycles. The maximum Gasteiger partial charge on any atom is 0.258 e. The minimum absolute atomic E-state index is 0.234. The first-order valence-electron chi connectivity index (χ1n) is 8.57. The Labute approximate surface area is 163 Å². The molecule has 134 valence electrons. The summed E-state index contributed by atoms with van der Waals surface area (Å²) >= 11 is 7.42. The second kappa shape index (κ2) is 6.25. The predicted molar refractivity (Wildman–Crippen MR) is 106 cm³/mol. The molecular weight excluding hydrogens is 385 g/mol. The molecule has 4 nitrogen and oxygen atoms in total. The van der Waals surface area contributed by atoms with Gasteiger partial charge in [0.1, 0.15) is 5.82 Å². The van der Waals surface area contributed by atoms with E-state index in [4.69, 9.17) is 16.6 Å². The van der Waals surface area contributed by atoms with E-state index < -0.39 is 0 Å². The van der Waals surface area contributed by atoms with Crippen LogP contribution in [0.1, 0.15) is 28.0 Å². The van der Waals surface area contributed by atoms with E-state index in [0.29, 0.717) is 25.9 Å². The number of carbonyl (C=O) groups excluding carboxylic acids is 1. The lowest BCUT2D eigenvalue weighted by atomic mass is 10.0. The Kier molecular flexibility index (Phi) is 3.84. The molecule has 1 N–H and O–H groups in total. The summed E-state index contributed by atoms with van der Waals surface area (Å²) in [6, 6.07) is 9.79. The fourth-order valence-corrected chi connectivity index (χ4v) is 4.66. The van der Waals surface area contributed by atoms with E-state index >= 15 is 0 Å². The van der Waals surface area contributed by atoms with Crippen molar-refractivity contribution in [1.29, 1.82) is 0 Å². The molecule has 2 heterocycles. The largest absolute Gasteiger partial charge is 0.298 e. The lowest BCUT2D eigenvalue weighted by Crippen LogP contribution is -2.15. The number of hydrogen-bond acceptors (Lipinski definition) is 4. The van der Waals surface area contributed by atoms with Crippen molar-refractivity contribution in [2.75, 3.05) is 5.32 Å². The van der Waals surface area contributed by atoms with Crippen LogP contribution in [0.25, 0.3) is 21.1 Å². The Morgan fingerprint density at radius 3 is 2.85 bits per heavy atom. The van der Waals surface area contributed by atoms with Gasteiger partial charge in [-0.25, -0.2) is 9.37 Å². The summed E-state index contributed by atoms with van der Waals surface area (Å²) in [6.45, 7) is 0. The molecule has 0 unspecified atom stereocenters. The standard InChI is InChI=1S/C20H13ClFN3OS/c21-10-4-6-15-13(8-10)18(12-2-1-3-14(12)23-15)19(26)25-20-24-16-7-5-11(22)9-17(16)27-20/h4-9H,1-3H2,(H,24,25,26). The number of aryl methyl sites for hydroxylation is 1. The Balaban J connectivity index is 1.61. The Bertz CT molecular complexity index is 1240. The molecule has 0 fully saturated rings. The average molecular weight is 398 g/mol. The van der Waals surface area contributed by atoms with E-state index in [1.807, 2.05) is 6.07 Å². The fraction of sp³-hybridized carbons (Fsp3) is 0.150. The Morgan fingerprint density at radius 2 is 1.96 bits per heavy atom. The number of nitrogens with one attached hydrogen (secondary N) is 1. The first-order valence-corrected chi connectivity index (χ1v) is 9.76. The number of thiazole rings is 1. The van der Waals surface area contributed by atoms with Gasteiger partial charge in [-0.3, -0.25) is 15.1 Å². The summed E-state index contributed by atoms with van der Waals surface area (Å²) in [4.78, 5) is 22.2. The molecule has 2 aromatic heterocycles. The molecule has 0 bridgehead atoms. The zero-order valence-corrected chi connectivity index (χ0v) is 15.6. The van der Waals surface area contributed by atoms with Gasteiger partial charge in [0.2, 0.25) is 0 Å². The molecule has 5 rings (SSSR count). The van der Waals surface area contributed by atoms with Gasteiger partial charge in [-0.05, 0) is 61.2 Å². The zero-order valence-electron chi connectivity index (χ0n) is 14.1. The smallest absolute Gasteiger partial charge is 0.258 e. The molecule has 7 heteroatoms.